The van der Waals surface area contributed by atoms with E-state index in [2.05, 4.69) is 0 Å². The first-order chi connectivity index (χ1) is 12.5. The summed E-state index contributed by atoms with van der Waals surface area (Å²) in [6.07, 6.45) is 0.334. The second-order valence-corrected chi connectivity index (χ2v) is 6.20. The van der Waals surface area contributed by atoms with Gasteiger partial charge in [-0.25, -0.2) is 4.39 Å². The van der Waals surface area contributed by atoms with Crippen molar-refractivity contribution in [3.63, 3.8) is 0 Å². The van der Waals surface area contributed by atoms with Gasteiger partial charge in [0, 0.05) is 24.1 Å². The summed E-state index contributed by atoms with van der Waals surface area (Å²) in [5.41, 5.74) is -0.815. The Morgan fingerprint density at radius 2 is 1.88 bits per heavy atom. The Balaban J connectivity index is 1.90. The smallest absolute Gasteiger partial charge is 0.264 e. The number of carbonyl (C=O) groups is 2. The molecule has 1 aliphatic rings. The fourth-order valence-corrected chi connectivity index (χ4v) is 3.19. The summed E-state index contributed by atoms with van der Waals surface area (Å²) >= 11 is 0. The standard InChI is InChI=1S/C20H17FN2O3/c21-15-9-7-14(8-10-15)18(24)13-20(26)16-5-1-2-6-17(16)23(19(20)25)12-4-3-11-22/h1-2,5-10,26H,3-4,12-13H2/t20-/m1/s1. The van der Waals surface area contributed by atoms with E-state index in [1.54, 1.807) is 24.3 Å². The molecule has 0 fully saturated rings. The van der Waals surface area contributed by atoms with Gasteiger partial charge in [0.15, 0.2) is 11.4 Å². The van der Waals surface area contributed by atoms with E-state index in [0.29, 0.717) is 24.1 Å². The molecule has 0 aliphatic carbocycles. The van der Waals surface area contributed by atoms with Gasteiger partial charge in [0.1, 0.15) is 5.82 Å². The molecule has 0 saturated heterocycles. The average Bonchev–Trinajstić information content (AvgIpc) is 2.84. The minimum atomic E-state index is -1.96. The van der Waals surface area contributed by atoms with E-state index in [9.17, 15) is 19.1 Å². The number of ketones is 1. The number of nitriles is 1. The molecule has 0 unspecified atom stereocenters. The minimum absolute atomic E-state index is 0.230. The molecule has 1 atom stereocenters. The normalized spacial score (nSPS) is 18.5. The minimum Gasteiger partial charge on any atom is -0.375 e. The molecule has 1 amide bonds. The highest BCUT2D eigenvalue weighted by Gasteiger charge is 2.50. The number of fused-ring (bicyclic) bond motifs is 1. The number of aliphatic hydroxyl groups is 1. The van der Waals surface area contributed by atoms with Crippen LogP contribution in [-0.4, -0.2) is 23.3 Å². The predicted molar refractivity (Wildman–Crippen MR) is 92.9 cm³/mol. The summed E-state index contributed by atoms with van der Waals surface area (Å²) in [5.74, 6) is -1.49. The Hall–Kier alpha value is -3.04. The average molecular weight is 352 g/mol. The molecule has 1 aliphatic heterocycles. The lowest BCUT2D eigenvalue weighted by molar-refractivity contribution is -0.135. The van der Waals surface area contributed by atoms with Gasteiger partial charge in [-0.2, -0.15) is 5.26 Å². The van der Waals surface area contributed by atoms with Gasteiger partial charge >= 0.3 is 0 Å². The van der Waals surface area contributed by atoms with Crippen molar-refractivity contribution >= 4 is 17.4 Å². The fraction of sp³-hybridized carbons (Fsp3) is 0.250. The van der Waals surface area contributed by atoms with Crippen LogP contribution >= 0.6 is 0 Å². The van der Waals surface area contributed by atoms with E-state index in [1.165, 1.54) is 17.0 Å². The number of Topliss-reactive ketones (excluding diaryl/α,β-unsaturated/α-hetero) is 1. The molecule has 5 nitrogen and oxygen atoms in total. The molecule has 0 bridgehead atoms. The molecule has 2 aromatic rings. The van der Waals surface area contributed by atoms with Gasteiger partial charge in [-0.1, -0.05) is 18.2 Å². The zero-order valence-electron chi connectivity index (χ0n) is 14.0. The molecule has 0 aromatic heterocycles. The molecule has 2 aromatic carbocycles. The van der Waals surface area contributed by atoms with Crippen LogP contribution in [0.25, 0.3) is 0 Å². The predicted octanol–water partition coefficient (Wildman–Crippen LogP) is 2.94. The van der Waals surface area contributed by atoms with Gasteiger partial charge in [0.25, 0.3) is 5.91 Å². The summed E-state index contributed by atoms with van der Waals surface area (Å²) < 4.78 is 13.0. The van der Waals surface area contributed by atoms with Gasteiger partial charge < -0.3 is 10.0 Å². The lowest BCUT2D eigenvalue weighted by atomic mass is 9.88. The first kappa shape index (κ1) is 17.8. The van der Waals surface area contributed by atoms with Crippen LogP contribution in [0, 0.1) is 17.1 Å². The number of carbonyl (C=O) groups excluding carboxylic acids is 2. The summed E-state index contributed by atoms with van der Waals surface area (Å²) in [5, 5.41) is 19.8. The number of anilines is 1. The molecular weight excluding hydrogens is 335 g/mol. The molecular formula is C20H17FN2O3. The quantitative estimate of drug-likeness (QED) is 0.640. The van der Waals surface area contributed by atoms with E-state index in [0.717, 1.165) is 12.1 Å². The molecule has 132 valence electrons. The van der Waals surface area contributed by atoms with Gasteiger partial charge in [0.05, 0.1) is 18.2 Å². The monoisotopic (exact) mass is 352 g/mol. The topological polar surface area (TPSA) is 81.4 Å². The Bertz CT molecular complexity index is 889. The Labute approximate surface area is 150 Å². The summed E-state index contributed by atoms with van der Waals surface area (Å²) in [6.45, 7) is 0.288. The van der Waals surface area contributed by atoms with Gasteiger partial charge in [-0.15, -0.1) is 0 Å². The van der Waals surface area contributed by atoms with Crippen LogP contribution in [0.5, 0.6) is 0 Å². The summed E-state index contributed by atoms with van der Waals surface area (Å²) in [6, 6.07) is 13.8. The molecule has 6 heteroatoms. The first-order valence-electron chi connectivity index (χ1n) is 8.27. The SMILES string of the molecule is N#CCCCN1C(=O)[C@@](O)(CC(=O)c2ccc(F)cc2)c2ccccc21. The highest BCUT2D eigenvalue weighted by Crippen LogP contribution is 2.42. The van der Waals surface area contributed by atoms with E-state index in [4.69, 9.17) is 5.26 Å². The number of amides is 1. The largest absolute Gasteiger partial charge is 0.375 e. The van der Waals surface area contributed by atoms with Crippen LogP contribution in [0.2, 0.25) is 0 Å². The second-order valence-electron chi connectivity index (χ2n) is 6.20. The van der Waals surface area contributed by atoms with Crippen molar-refractivity contribution in [2.24, 2.45) is 0 Å². The van der Waals surface area contributed by atoms with Crippen LogP contribution in [0.3, 0.4) is 0 Å². The lowest BCUT2D eigenvalue weighted by Crippen LogP contribution is -2.42. The lowest BCUT2D eigenvalue weighted by Gasteiger charge is -2.22. The number of hydrogen-bond acceptors (Lipinski definition) is 4. The Morgan fingerprint density at radius 1 is 1.19 bits per heavy atom. The van der Waals surface area contributed by atoms with Crippen LogP contribution in [0.4, 0.5) is 10.1 Å². The number of benzene rings is 2. The van der Waals surface area contributed by atoms with Crippen molar-refractivity contribution in [3.05, 3.63) is 65.5 Å². The second kappa shape index (κ2) is 7.06. The van der Waals surface area contributed by atoms with Crippen molar-refractivity contribution in [2.75, 3.05) is 11.4 Å². The van der Waals surface area contributed by atoms with Crippen molar-refractivity contribution in [1.82, 2.24) is 0 Å². The van der Waals surface area contributed by atoms with E-state index in [-0.39, 0.29) is 12.1 Å². The van der Waals surface area contributed by atoms with Crippen LogP contribution in [0.15, 0.2) is 48.5 Å². The molecule has 0 radical (unpaired) electrons. The van der Waals surface area contributed by atoms with Crippen LogP contribution in [-0.2, 0) is 10.4 Å². The molecule has 1 heterocycles. The molecule has 26 heavy (non-hydrogen) atoms. The zero-order valence-corrected chi connectivity index (χ0v) is 14.0. The molecule has 0 saturated carbocycles. The van der Waals surface area contributed by atoms with Crippen LogP contribution < -0.4 is 4.90 Å². The van der Waals surface area contributed by atoms with Gasteiger partial charge in [-0.05, 0) is 36.8 Å². The number of para-hydroxylation sites is 1. The maximum Gasteiger partial charge on any atom is 0.264 e. The third-order valence-corrected chi connectivity index (χ3v) is 4.49. The van der Waals surface area contributed by atoms with Crippen LogP contribution in [0.1, 0.15) is 35.2 Å². The van der Waals surface area contributed by atoms with E-state index < -0.39 is 29.5 Å². The fourth-order valence-electron chi connectivity index (χ4n) is 3.19. The van der Waals surface area contributed by atoms with Gasteiger partial charge in [-0.3, -0.25) is 9.59 Å². The maximum absolute atomic E-state index is 13.0. The van der Waals surface area contributed by atoms with Crippen molar-refractivity contribution < 1.29 is 19.1 Å². The number of nitrogens with zero attached hydrogens (tertiary/aromatic N) is 2. The highest BCUT2D eigenvalue weighted by molar-refractivity contribution is 6.10. The van der Waals surface area contributed by atoms with E-state index in [1.807, 2.05) is 6.07 Å². The third-order valence-electron chi connectivity index (χ3n) is 4.49. The van der Waals surface area contributed by atoms with Crippen molar-refractivity contribution in [1.29, 1.82) is 5.26 Å². The van der Waals surface area contributed by atoms with Gasteiger partial charge in [0.2, 0.25) is 0 Å². The molecule has 3 rings (SSSR count). The Kier molecular flexibility index (Phi) is 4.83. The van der Waals surface area contributed by atoms with Crippen molar-refractivity contribution in [3.8, 4) is 6.07 Å². The molecule has 0 spiro atoms. The highest BCUT2D eigenvalue weighted by atomic mass is 19.1. The third kappa shape index (κ3) is 3.09. The number of rotatable bonds is 6. The molecule has 1 N–H and O–H groups in total. The number of unbranched alkanes of at least 4 members (excludes halogenated alkanes) is 1. The van der Waals surface area contributed by atoms with Crippen molar-refractivity contribution in [2.45, 2.75) is 24.9 Å². The zero-order chi connectivity index (χ0) is 18.7. The Morgan fingerprint density at radius 3 is 2.58 bits per heavy atom. The number of halogens is 1. The first-order valence-corrected chi connectivity index (χ1v) is 8.27. The summed E-state index contributed by atoms with van der Waals surface area (Å²) in [7, 11) is 0. The maximum atomic E-state index is 13.0. The summed E-state index contributed by atoms with van der Waals surface area (Å²) in [4.78, 5) is 26.8. The number of hydrogen-bond donors (Lipinski definition) is 1. The van der Waals surface area contributed by atoms with E-state index >= 15 is 0 Å².